The average molecular weight is 697 g/mol. The summed E-state index contributed by atoms with van der Waals surface area (Å²) in [5.74, 6) is -2.83. The van der Waals surface area contributed by atoms with Crippen LogP contribution in [0.2, 0.25) is 0 Å². The predicted molar refractivity (Wildman–Crippen MR) is 185 cm³/mol. The van der Waals surface area contributed by atoms with Crippen molar-refractivity contribution < 1.29 is 23.0 Å². The zero-order valence-corrected chi connectivity index (χ0v) is 28.9. The summed E-state index contributed by atoms with van der Waals surface area (Å²) >= 11 is 1.35. The molecule has 0 radical (unpaired) electrons. The number of esters is 1. The van der Waals surface area contributed by atoms with Crippen LogP contribution in [0.1, 0.15) is 78.0 Å². The maximum absolute atomic E-state index is 15.8. The molecule has 0 saturated carbocycles. The number of rotatable bonds is 12. The molecule has 1 saturated heterocycles. The van der Waals surface area contributed by atoms with Crippen molar-refractivity contribution in [2.45, 2.75) is 76.7 Å². The molecule has 1 aliphatic heterocycles. The van der Waals surface area contributed by atoms with Gasteiger partial charge < -0.3 is 9.47 Å². The fourth-order valence-corrected chi connectivity index (χ4v) is 7.61. The predicted octanol–water partition coefficient (Wildman–Crippen LogP) is 7.84. The van der Waals surface area contributed by atoms with Crippen LogP contribution < -0.4 is 0 Å². The van der Waals surface area contributed by atoms with E-state index in [9.17, 15) is 14.4 Å². The molecule has 0 amide bonds. The van der Waals surface area contributed by atoms with Crippen molar-refractivity contribution in [1.29, 1.82) is 5.26 Å². The summed E-state index contributed by atoms with van der Waals surface area (Å²) in [7, 11) is 0. The molecular formula is C38H38F2N6O3S. The maximum atomic E-state index is 15.8. The second kappa shape index (κ2) is 15.4. The first-order valence-electron chi connectivity index (χ1n) is 16.6. The molecule has 6 rings (SSSR count). The third-order valence-electron chi connectivity index (χ3n) is 9.59. The zero-order chi connectivity index (χ0) is 35.3. The molecule has 5 aromatic rings. The van der Waals surface area contributed by atoms with E-state index < -0.39 is 35.9 Å². The molecule has 50 heavy (non-hydrogen) atoms. The summed E-state index contributed by atoms with van der Waals surface area (Å²) in [5.41, 5.74) is 1.91. The van der Waals surface area contributed by atoms with Gasteiger partial charge in [-0.25, -0.2) is 28.2 Å². The van der Waals surface area contributed by atoms with Gasteiger partial charge in [-0.2, -0.15) is 10.4 Å². The SMILES string of the molecule is C[C@@H]1CCC[C@H](C)N1Cc1ccc(C(=O)OCO[C@@](Cn2cncn2)(c2ccc(F)cc2F)[C@@H](C)c2nc(-c3ccc(C#N)cc3)cs2)cc1. The van der Waals surface area contributed by atoms with Crippen LogP contribution in [0.3, 0.4) is 0 Å². The summed E-state index contributed by atoms with van der Waals surface area (Å²) < 4.78 is 43.6. The quantitative estimate of drug-likeness (QED) is 0.0960. The minimum atomic E-state index is -1.57. The molecule has 0 N–H and O–H groups in total. The van der Waals surface area contributed by atoms with Gasteiger partial charge in [0.2, 0.25) is 0 Å². The fourth-order valence-electron chi connectivity index (χ4n) is 6.64. The molecule has 3 heterocycles. The molecule has 1 aliphatic rings. The third-order valence-corrected chi connectivity index (χ3v) is 10.6. The number of benzene rings is 3. The number of piperidine rings is 1. The highest BCUT2D eigenvalue weighted by atomic mass is 32.1. The Morgan fingerprint density at radius 1 is 1.08 bits per heavy atom. The number of ether oxygens (including phenoxy) is 2. The van der Waals surface area contributed by atoms with Crippen LogP contribution in [0.5, 0.6) is 0 Å². The Labute approximate surface area is 294 Å². The second-order valence-corrected chi connectivity index (χ2v) is 13.7. The van der Waals surface area contributed by atoms with Gasteiger partial charge in [-0.05, 0) is 62.6 Å². The molecule has 0 aliphatic carbocycles. The molecule has 0 bridgehead atoms. The normalized spacial score (nSPS) is 18.2. The Hall–Kier alpha value is -4.83. The molecule has 258 valence electrons. The number of halogens is 2. The first kappa shape index (κ1) is 35.0. The monoisotopic (exact) mass is 696 g/mol. The molecule has 3 aromatic carbocycles. The van der Waals surface area contributed by atoms with Crippen molar-refractivity contribution in [1.82, 2.24) is 24.6 Å². The lowest BCUT2D eigenvalue weighted by atomic mass is 9.81. The molecule has 1 fully saturated rings. The van der Waals surface area contributed by atoms with Crippen molar-refractivity contribution in [3.63, 3.8) is 0 Å². The van der Waals surface area contributed by atoms with Gasteiger partial charge in [-0.1, -0.05) is 43.7 Å². The van der Waals surface area contributed by atoms with E-state index in [1.165, 1.54) is 54.0 Å². The molecule has 0 unspecified atom stereocenters. The fraction of sp³-hybridized carbons (Fsp3) is 0.342. The Morgan fingerprint density at radius 2 is 1.82 bits per heavy atom. The number of thiazole rings is 1. The van der Waals surface area contributed by atoms with Crippen LogP contribution in [0.25, 0.3) is 11.3 Å². The lowest BCUT2D eigenvalue weighted by Crippen LogP contribution is -2.42. The van der Waals surface area contributed by atoms with Gasteiger partial charge >= 0.3 is 5.97 Å². The van der Waals surface area contributed by atoms with Gasteiger partial charge in [0.05, 0.1) is 34.4 Å². The standard InChI is InChI=1S/C38H38F2N6O3S/c1-25-5-4-6-26(2)46(25)19-29-9-13-31(14-10-29)37(47)48-24-49-38(21-45-23-42-22-43-45,33-16-15-32(39)17-34(33)40)27(3)36-44-35(20-50-36)30-11-7-28(18-41)8-12-30/h7-17,20,22-23,25-27H,4-6,19,21,24H2,1-3H3/t25-,26+,27-,38+/m0/s1. The summed E-state index contributed by atoms with van der Waals surface area (Å²) in [6.07, 6.45) is 6.40. The molecule has 4 atom stereocenters. The lowest BCUT2D eigenvalue weighted by Gasteiger charge is -2.39. The third kappa shape index (κ3) is 7.65. The van der Waals surface area contributed by atoms with Gasteiger partial charge in [0, 0.05) is 47.1 Å². The molecule has 0 spiro atoms. The van der Waals surface area contributed by atoms with Crippen LogP contribution in [0, 0.1) is 23.0 Å². The number of carbonyl (C=O) groups excluding carboxylic acids is 1. The van der Waals surface area contributed by atoms with Crippen LogP contribution in [-0.4, -0.2) is 49.5 Å². The van der Waals surface area contributed by atoms with E-state index >= 15 is 4.39 Å². The minimum absolute atomic E-state index is 0.0404. The first-order valence-corrected chi connectivity index (χ1v) is 17.4. The molecule has 9 nitrogen and oxygen atoms in total. The Morgan fingerprint density at radius 3 is 2.48 bits per heavy atom. The van der Waals surface area contributed by atoms with Gasteiger partial charge in [-0.15, -0.1) is 11.3 Å². The Balaban J connectivity index is 1.26. The van der Waals surface area contributed by atoms with Crippen LogP contribution in [0.15, 0.2) is 84.8 Å². The lowest BCUT2D eigenvalue weighted by molar-refractivity contribution is -0.148. The van der Waals surface area contributed by atoms with Gasteiger partial charge in [0.1, 0.15) is 29.9 Å². The van der Waals surface area contributed by atoms with Crippen molar-refractivity contribution in [3.8, 4) is 17.3 Å². The van der Waals surface area contributed by atoms with E-state index in [-0.39, 0.29) is 12.1 Å². The number of likely N-dealkylation sites (tertiary alicyclic amines) is 1. The number of hydrogen-bond acceptors (Lipinski definition) is 9. The number of aromatic nitrogens is 4. The summed E-state index contributed by atoms with van der Waals surface area (Å²) in [6.45, 7) is 6.55. The van der Waals surface area contributed by atoms with Gasteiger partial charge in [0.15, 0.2) is 6.79 Å². The largest absolute Gasteiger partial charge is 0.435 e. The molecule has 12 heteroatoms. The highest BCUT2D eigenvalue weighted by Crippen LogP contribution is 2.44. The highest BCUT2D eigenvalue weighted by Gasteiger charge is 2.45. The Kier molecular flexibility index (Phi) is 10.8. The molecule has 2 aromatic heterocycles. The summed E-state index contributed by atoms with van der Waals surface area (Å²) in [5, 5.41) is 15.9. The maximum Gasteiger partial charge on any atom is 0.340 e. The van der Waals surface area contributed by atoms with Gasteiger partial charge in [-0.3, -0.25) is 4.90 Å². The van der Waals surface area contributed by atoms with Crippen molar-refractivity contribution >= 4 is 17.3 Å². The summed E-state index contributed by atoms with van der Waals surface area (Å²) in [4.78, 5) is 24.6. The van der Waals surface area contributed by atoms with Gasteiger partial charge in [0.25, 0.3) is 0 Å². The number of nitriles is 1. The van der Waals surface area contributed by atoms with E-state index in [1.807, 2.05) is 36.6 Å². The zero-order valence-electron chi connectivity index (χ0n) is 28.1. The average Bonchev–Trinajstić information content (AvgIpc) is 3.83. The first-order chi connectivity index (χ1) is 24.2. The number of hydrogen-bond donors (Lipinski definition) is 0. The molecular weight excluding hydrogens is 659 g/mol. The van der Waals surface area contributed by atoms with Crippen molar-refractivity contribution in [2.75, 3.05) is 6.79 Å². The minimum Gasteiger partial charge on any atom is -0.435 e. The topological polar surface area (TPSA) is 106 Å². The van der Waals surface area contributed by atoms with E-state index in [0.29, 0.717) is 33.9 Å². The van der Waals surface area contributed by atoms with E-state index in [2.05, 4.69) is 34.9 Å². The van der Waals surface area contributed by atoms with E-state index in [1.54, 1.807) is 24.3 Å². The highest BCUT2D eigenvalue weighted by molar-refractivity contribution is 7.10. The number of nitrogens with zero attached hydrogens (tertiary/aromatic N) is 6. The van der Waals surface area contributed by atoms with E-state index in [0.717, 1.165) is 29.8 Å². The number of carbonyl (C=O) groups is 1. The van der Waals surface area contributed by atoms with Crippen molar-refractivity contribution in [2.24, 2.45) is 0 Å². The Bertz CT molecular complexity index is 1930. The second-order valence-electron chi connectivity index (χ2n) is 12.8. The van der Waals surface area contributed by atoms with Crippen LogP contribution in [0.4, 0.5) is 8.78 Å². The van der Waals surface area contributed by atoms with Crippen LogP contribution >= 0.6 is 11.3 Å². The van der Waals surface area contributed by atoms with Crippen molar-refractivity contribution in [3.05, 3.63) is 124 Å². The van der Waals surface area contributed by atoms with Crippen LogP contribution in [-0.2, 0) is 28.2 Å². The summed E-state index contributed by atoms with van der Waals surface area (Å²) in [6, 6.07) is 20.8. The van der Waals surface area contributed by atoms with E-state index in [4.69, 9.17) is 14.5 Å². The smallest absolute Gasteiger partial charge is 0.340 e.